The van der Waals surface area contributed by atoms with Crippen molar-refractivity contribution in [3.8, 4) is 0 Å². The van der Waals surface area contributed by atoms with Crippen LogP contribution < -0.4 is 0 Å². The number of hydrogen-bond donors (Lipinski definition) is 1. The van der Waals surface area contributed by atoms with Crippen LogP contribution in [-0.2, 0) is 9.59 Å². The van der Waals surface area contributed by atoms with E-state index in [0.717, 1.165) is 13.0 Å². The van der Waals surface area contributed by atoms with Crippen LogP contribution in [0.5, 0.6) is 0 Å². The second kappa shape index (κ2) is 5.35. The van der Waals surface area contributed by atoms with Gasteiger partial charge in [-0.25, -0.2) is 0 Å². The molecule has 20 heavy (non-hydrogen) atoms. The Morgan fingerprint density at radius 3 is 2.50 bits per heavy atom. The maximum Gasteiger partial charge on any atom is 0.222 e. The van der Waals surface area contributed by atoms with Gasteiger partial charge in [-0.05, 0) is 19.8 Å². The molecule has 2 fully saturated rings. The fourth-order valence-electron chi connectivity index (χ4n) is 2.99. The van der Waals surface area contributed by atoms with Crippen molar-refractivity contribution >= 4 is 11.8 Å². The smallest absolute Gasteiger partial charge is 0.222 e. The molecule has 0 bridgehead atoms. The minimum atomic E-state index is -0.826. The van der Waals surface area contributed by atoms with Crippen LogP contribution in [0.1, 0.15) is 46.5 Å². The molecule has 114 valence electrons. The van der Waals surface area contributed by atoms with Crippen LogP contribution in [0.25, 0.3) is 0 Å². The second-order valence-corrected chi connectivity index (χ2v) is 7.00. The van der Waals surface area contributed by atoms with Gasteiger partial charge in [0.15, 0.2) is 0 Å². The Kier molecular flexibility index (Phi) is 4.09. The Morgan fingerprint density at radius 2 is 2.00 bits per heavy atom. The van der Waals surface area contributed by atoms with Gasteiger partial charge in [0.1, 0.15) is 0 Å². The van der Waals surface area contributed by atoms with Crippen LogP contribution in [0.15, 0.2) is 0 Å². The highest BCUT2D eigenvalue weighted by atomic mass is 16.3. The van der Waals surface area contributed by atoms with Crippen LogP contribution in [-0.4, -0.2) is 58.5 Å². The molecule has 0 spiro atoms. The predicted octanol–water partition coefficient (Wildman–Crippen LogP) is 1.01. The Hall–Kier alpha value is -1.10. The molecule has 2 amide bonds. The van der Waals surface area contributed by atoms with Gasteiger partial charge in [0.05, 0.1) is 5.60 Å². The summed E-state index contributed by atoms with van der Waals surface area (Å²) in [5.41, 5.74) is -1.10. The highest BCUT2D eigenvalue weighted by Gasteiger charge is 2.48. The third kappa shape index (κ3) is 2.97. The third-order valence-corrected chi connectivity index (χ3v) is 4.89. The third-order valence-electron chi connectivity index (χ3n) is 4.89. The molecule has 0 aromatic heterocycles. The quantitative estimate of drug-likeness (QED) is 0.837. The summed E-state index contributed by atoms with van der Waals surface area (Å²) in [6.45, 7) is 8.29. The first-order chi connectivity index (χ1) is 9.23. The summed E-state index contributed by atoms with van der Waals surface area (Å²) in [6.07, 6.45) is 2.76. The summed E-state index contributed by atoms with van der Waals surface area (Å²) in [5.74, 6) is 0.296. The number of aliphatic hydroxyl groups is 1. The van der Waals surface area contributed by atoms with Crippen LogP contribution >= 0.6 is 0 Å². The number of carbonyl (C=O) groups excluding carboxylic acids is 2. The van der Waals surface area contributed by atoms with Crippen molar-refractivity contribution < 1.29 is 14.7 Å². The molecule has 0 aliphatic carbocycles. The molecular formula is C15H26N2O3. The van der Waals surface area contributed by atoms with Gasteiger partial charge in [0.2, 0.25) is 11.8 Å². The van der Waals surface area contributed by atoms with Crippen molar-refractivity contribution in [2.45, 2.75) is 52.1 Å². The van der Waals surface area contributed by atoms with Crippen LogP contribution in [0, 0.1) is 5.41 Å². The van der Waals surface area contributed by atoms with E-state index in [-0.39, 0.29) is 17.2 Å². The van der Waals surface area contributed by atoms with E-state index in [1.807, 2.05) is 18.7 Å². The Labute approximate surface area is 120 Å². The summed E-state index contributed by atoms with van der Waals surface area (Å²) in [6, 6.07) is 0. The molecule has 0 radical (unpaired) electrons. The SMILES string of the molecule is CC1(C)CN(C(=O)CCCN2CCCC2=O)C[C@@]1(C)O. The van der Waals surface area contributed by atoms with E-state index < -0.39 is 5.60 Å². The lowest BCUT2D eigenvalue weighted by Gasteiger charge is -2.30. The number of carbonyl (C=O) groups is 2. The van der Waals surface area contributed by atoms with Crippen LogP contribution in [0.2, 0.25) is 0 Å². The zero-order chi connectivity index (χ0) is 15.0. The number of amides is 2. The van der Waals surface area contributed by atoms with Crippen molar-refractivity contribution in [1.29, 1.82) is 0 Å². The minimum Gasteiger partial charge on any atom is -0.388 e. The first-order valence-corrected chi connectivity index (χ1v) is 7.51. The van der Waals surface area contributed by atoms with Gasteiger partial charge < -0.3 is 14.9 Å². The van der Waals surface area contributed by atoms with Gasteiger partial charge in [0, 0.05) is 44.4 Å². The van der Waals surface area contributed by atoms with E-state index in [9.17, 15) is 14.7 Å². The predicted molar refractivity (Wildman–Crippen MR) is 76.0 cm³/mol. The second-order valence-electron chi connectivity index (χ2n) is 7.00. The largest absolute Gasteiger partial charge is 0.388 e. The lowest BCUT2D eigenvalue weighted by Crippen LogP contribution is -2.40. The topological polar surface area (TPSA) is 60.9 Å². The first kappa shape index (κ1) is 15.3. The Balaban J connectivity index is 1.77. The molecule has 5 nitrogen and oxygen atoms in total. The van der Waals surface area contributed by atoms with E-state index in [0.29, 0.717) is 38.9 Å². The van der Waals surface area contributed by atoms with Crippen LogP contribution in [0.3, 0.4) is 0 Å². The molecule has 2 heterocycles. The average Bonchev–Trinajstić information content (AvgIpc) is 2.81. The normalized spacial score (nSPS) is 29.3. The molecule has 0 aromatic carbocycles. The van der Waals surface area contributed by atoms with E-state index in [2.05, 4.69) is 0 Å². The molecule has 0 aromatic rings. The van der Waals surface area contributed by atoms with E-state index in [1.165, 1.54) is 0 Å². The van der Waals surface area contributed by atoms with E-state index in [4.69, 9.17) is 0 Å². The molecule has 2 aliphatic heterocycles. The molecule has 2 aliphatic rings. The van der Waals surface area contributed by atoms with Crippen molar-refractivity contribution in [2.75, 3.05) is 26.2 Å². The molecule has 1 atom stereocenters. The van der Waals surface area contributed by atoms with E-state index in [1.54, 1.807) is 11.8 Å². The maximum atomic E-state index is 12.2. The lowest BCUT2D eigenvalue weighted by atomic mass is 9.79. The molecule has 1 N–H and O–H groups in total. The summed E-state index contributed by atoms with van der Waals surface area (Å²) in [7, 11) is 0. The van der Waals surface area contributed by atoms with Gasteiger partial charge >= 0.3 is 0 Å². The fourth-order valence-corrected chi connectivity index (χ4v) is 2.99. The highest BCUT2D eigenvalue weighted by molar-refractivity contribution is 5.78. The highest BCUT2D eigenvalue weighted by Crippen LogP contribution is 2.38. The molecule has 0 unspecified atom stereocenters. The van der Waals surface area contributed by atoms with Gasteiger partial charge in [-0.2, -0.15) is 0 Å². The monoisotopic (exact) mass is 282 g/mol. The fraction of sp³-hybridized carbons (Fsp3) is 0.867. The number of nitrogens with zero attached hydrogens (tertiary/aromatic N) is 2. The molecule has 5 heteroatoms. The minimum absolute atomic E-state index is 0.0856. The van der Waals surface area contributed by atoms with Crippen molar-refractivity contribution in [3.63, 3.8) is 0 Å². The molecule has 2 rings (SSSR count). The summed E-state index contributed by atoms with van der Waals surface area (Å²) >= 11 is 0. The molecular weight excluding hydrogens is 256 g/mol. The molecule has 0 saturated carbocycles. The lowest BCUT2D eigenvalue weighted by molar-refractivity contribution is -0.132. The van der Waals surface area contributed by atoms with Gasteiger partial charge in [-0.1, -0.05) is 13.8 Å². The molecule has 2 saturated heterocycles. The van der Waals surface area contributed by atoms with E-state index >= 15 is 0 Å². The zero-order valence-electron chi connectivity index (χ0n) is 12.8. The first-order valence-electron chi connectivity index (χ1n) is 7.51. The van der Waals surface area contributed by atoms with Gasteiger partial charge in [-0.15, -0.1) is 0 Å². The van der Waals surface area contributed by atoms with Gasteiger partial charge in [-0.3, -0.25) is 9.59 Å². The Bertz CT molecular complexity index is 388. The average molecular weight is 282 g/mol. The maximum absolute atomic E-state index is 12.2. The zero-order valence-corrected chi connectivity index (χ0v) is 12.8. The standard InChI is InChI=1S/C15H26N2O3/c1-14(2)10-17(11-15(14,3)20)13(19)7-5-9-16-8-4-6-12(16)18/h20H,4-11H2,1-3H3/t15-/m1/s1. The number of rotatable bonds is 4. The summed E-state index contributed by atoms with van der Waals surface area (Å²) in [4.78, 5) is 27.3. The number of likely N-dealkylation sites (tertiary alicyclic amines) is 2. The van der Waals surface area contributed by atoms with Crippen molar-refractivity contribution in [1.82, 2.24) is 9.80 Å². The van der Waals surface area contributed by atoms with Crippen LogP contribution in [0.4, 0.5) is 0 Å². The van der Waals surface area contributed by atoms with Crippen molar-refractivity contribution in [2.24, 2.45) is 5.41 Å². The summed E-state index contributed by atoms with van der Waals surface area (Å²) < 4.78 is 0. The number of β-amino-alcohol motifs (C(OH)–C–C–N with tert-alkyl or cyclic N) is 1. The van der Waals surface area contributed by atoms with Gasteiger partial charge in [0.25, 0.3) is 0 Å². The van der Waals surface area contributed by atoms with Crippen molar-refractivity contribution in [3.05, 3.63) is 0 Å². The Morgan fingerprint density at radius 1 is 1.30 bits per heavy atom. The number of hydrogen-bond acceptors (Lipinski definition) is 3. The summed E-state index contributed by atoms with van der Waals surface area (Å²) in [5, 5.41) is 10.3.